The molecule has 0 amide bonds. The summed E-state index contributed by atoms with van der Waals surface area (Å²) in [6.07, 6.45) is 0. The van der Waals surface area contributed by atoms with Crippen LogP contribution >= 0.6 is 11.6 Å². The molecule has 3 N–H and O–H groups in total. The lowest BCUT2D eigenvalue weighted by molar-refractivity contribution is 0.296. The molecule has 1 aliphatic rings. The Morgan fingerprint density at radius 2 is 2.07 bits per heavy atom. The molecular formula is C22H19ClN4O3. The maximum Gasteiger partial charge on any atom is 0.244 e. The summed E-state index contributed by atoms with van der Waals surface area (Å²) in [5, 5.41) is 17.3. The van der Waals surface area contributed by atoms with Gasteiger partial charge in [0.1, 0.15) is 29.7 Å². The van der Waals surface area contributed by atoms with Crippen LogP contribution < -0.4 is 19.9 Å². The van der Waals surface area contributed by atoms with Crippen molar-refractivity contribution in [2.24, 2.45) is 5.73 Å². The Balaban J connectivity index is 1.75. The largest absolute Gasteiger partial charge is 0.496 e. The summed E-state index contributed by atoms with van der Waals surface area (Å²) >= 11 is 6.20. The zero-order valence-corrected chi connectivity index (χ0v) is 17.2. The van der Waals surface area contributed by atoms with Crippen molar-refractivity contribution in [3.05, 3.63) is 81.3 Å². The fraction of sp³-hybridized carbons (Fsp3) is 0.182. The second-order valence-corrected chi connectivity index (χ2v) is 7.19. The summed E-state index contributed by atoms with van der Waals surface area (Å²) in [5.74, 6) is 1.25. The minimum absolute atomic E-state index is 0.0474. The van der Waals surface area contributed by atoms with E-state index in [9.17, 15) is 5.26 Å². The molecule has 1 aliphatic heterocycles. The average Bonchev–Trinajstić information content (AvgIpc) is 3.12. The van der Waals surface area contributed by atoms with Crippen LogP contribution in [0.2, 0.25) is 5.02 Å². The van der Waals surface area contributed by atoms with E-state index >= 15 is 0 Å². The van der Waals surface area contributed by atoms with Crippen LogP contribution in [0.4, 0.5) is 0 Å². The van der Waals surface area contributed by atoms with E-state index in [1.165, 1.54) is 0 Å². The number of hydrogen-bond acceptors (Lipinski definition) is 6. The van der Waals surface area contributed by atoms with Crippen LogP contribution in [0.3, 0.4) is 0 Å². The van der Waals surface area contributed by atoms with Crippen molar-refractivity contribution in [3.8, 4) is 23.4 Å². The lowest BCUT2D eigenvalue weighted by Crippen LogP contribution is -2.21. The monoisotopic (exact) mass is 422 g/mol. The number of methoxy groups -OCH3 is 1. The van der Waals surface area contributed by atoms with E-state index in [-0.39, 0.29) is 12.5 Å². The summed E-state index contributed by atoms with van der Waals surface area (Å²) in [5.41, 5.74) is 9.57. The average molecular weight is 423 g/mol. The molecule has 30 heavy (non-hydrogen) atoms. The lowest BCUT2D eigenvalue weighted by Gasteiger charge is -2.24. The third-order valence-electron chi connectivity index (χ3n) is 4.99. The molecule has 1 atom stereocenters. The van der Waals surface area contributed by atoms with Gasteiger partial charge in [-0.1, -0.05) is 29.8 Å². The van der Waals surface area contributed by atoms with Crippen LogP contribution in [0.25, 0.3) is 0 Å². The van der Waals surface area contributed by atoms with Gasteiger partial charge in [0.15, 0.2) is 0 Å². The molecule has 152 valence electrons. The van der Waals surface area contributed by atoms with Gasteiger partial charge in [0.25, 0.3) is 0 Å². The molecule has 2 aromatic carbocycles. The van der Waals surface area contributed by atoms with Gasteiger partial charge in [0.05, 0.1) is 18.1 Å². The first-order chi connectivity index (χ1) is 14.5. The number of fused-ring (bicyclic) bond motifs is 1. The third-order valence-corrected chi connectivity index (χ3v) is 5.30. The number of para-hydroxylation sites is 1. The van der Waals surface area contributed by atoms with Gasteiger partial charge in [-0.15, -0.1) is 5.10 Å². The quantitative estimate of drug-likeness (QED) is 0.638. The molecule has 0 saturated carbocycles. The van der Waals surface area contributed by atoms with Crippen LogP contribution in [0, 0.1) is 18.3 Å². The SMILES string of the molecule is COc1ccc(C2C(C#N)=C(N)Oc3n[nH]c(C)c32)cc1COc1ccccc1Cl. The third kappa shape index (κ3) is 3.42. The number of aromatic nitrogens is 2. The van der Waals surface area contributed by atoms with Gasteiger partial charge in [-0.25, -0.2) is 0 Å². The summed E-state index contributed by atoms with van der Waals surface area (Å²) in [7, 11) is 1.60. The number of nitrogens with one attached hydrogen (secondary N) is 1. The van der Waals surface area contributed by atoms with Crippen LogP contribution in [-0.2, 0) is 6.61 Å². The van der Waals surface area contributed by atoms with Crippen molar-refractivity contribution in [1.82, 2.24) is 10.2 Å². The predicted octanol–water partition coefficient (Wildman–Crippen LogP) is 4.18. The zero-order chi connectivity index (χ0) is 21.3. The fourth-order valence-corrected chi connectivity index (χ4v) is 3.73. The smallest absolute Gasteiger partial charge is 0.244 e. The van der Waals surface area contributed by atoms with Crippen LogP contribution in [0.1, 0.15) is 28.3 Å². The van der Waals surface area contributed by atoms with Gasteiger partial charge in [-0.3, -0.25) is 5.10 Å². The van der Waals surface area contributed by atoms with E-state index in [0.717, 1.165) is 22.4 Å². The minimum Gasteiger partial charge on any atom is -0.496 e. The first-order valence-corrected chi connectivity index (χ1v) is 9.57. The molecule has 7 nitrogen and oxygen atoms in total. The highest BCUT2D eigenvalue weighted by Crippen LogP contribution is 2.43. The molecule has 0 fully saturated rings. The molecule has 0 radical (unpaired) electrons. The number of halogens is 1. The molecule has 8 heteroatoms. The van der Waals surface area contributed by atoms with E-state index in [1.807, 2.05) is 37.3 Å². The zero-order valence-electron chi connectivity index (χ0n) is 16.4. The van der Waals surface area contributed by atoms with Gasteiger partial charge >= 0.3 is 0 Å². The predicted molar refractivity (Wildman–Crippen MR) is 111 cm³/mol. The van der Waals surface area contributed by atoms with Crippen molar-refractivity contribution in [2.45, 2.75) is 19.4 Å². The Labute approximate surface area is 178 Å². The summed E-state index contributed by atoms with van der Waals surface area (Å²) < 4.78 is 16.9. The van der Waals surface area contributed by atoms with Gasteiger partial charge in [-0.2, -0.15) is 5.26 Å². The van der Waals surface area contributed by atoms with Crippen molar-refractivity contribution < 1.29 is 14.2 Å². The van der Waals surface area contributed by atoms with Gasteiger partial charge in [0.2, 0.25) is 11.8 Å². The number of allylic oxidation sites excluding steroid dienone is 1. The summed E-state index contributed by atoms with van der Waals surface area (Å²) in [6, 6.07) is 15.1. The van der Waals surface area contributed by atoms with Crippen molar-refractivity contribution >= 4 is 11.6 Å². The number of rotatable bonds is 5. The highest BCUT2D eigenvalue weighted by atomic mass is 35.5. The number of hydrogen-bond donors (Lipinski definition) is 2. The first-order valence-electron chi connectivity index (χ1n) is 9.20. The molecule has 0 spiro atoms. The van der Waals surface area contributed by atoms with E-state index < -0.39 is 5.92 Å². The molecule has 1 aromatic heterocycles. The Morgan fingerprint density at radius 3 is 2.80 bits per heavy atom. The van der Waals surface area contributed by atoms with Crippen LogP contribution in [0.5, 0.6) is 17.4 Å². The second kappa shape index (κ2) is 8.01. The molecule has 0 bridgehead atoms. The van der Waals surface area contributed by atoms with E-state index in [2.05, 4.69) is 16.3 Å². The molecular weight excluding hydrogens is 404 g/mol. The maximum atomic E-state index is 9.74. The molecule has 3 aromatic rings. The molecule has 1 unspecified atom stereocenters. The molecule has 4 rings (SSSR count). The summed E-state index contributed by atoms with van der Waals surface area (Å²) in [4.78, 5) is 0. The standard InChI is InChI=1S/C22H19ClN4O3/c1-12-19-20(15(10-24)21(25)30-22(19)27-26-12)13-7-8-17(28-2)14(9-13)11-29-18-6-4-3-5-16(18)23/h3-9,20H,11,25H2,1-2H3,(H,26,27). The van der Waals surface area contributed by atoms with Crippen molar-refractivity contribution in [1.29, 1.82) is 5.26 Å². The Hall–Kier alpha value is -3.63. The first kappa shape index (κ1) is 19.7. The summed E-state index contributed by atoms with van der Waals surface area (Å²) in [6.45, 7) is 2.12. The van der Waals surface area contributed by atoms with Crippen molar-refractivity contribution in [3.63, 3.8) is 0 Å². The number of nitrogens with two attached hydrogens (primary N) is 1. The van der Waals surface area contributed by atoms with E-state index in [4.69, 9.17) is 31.5 Å². The Bertz CT molecular complexity index is 1180. The maximum absolute atomic E-state index is 9.74. The normalized spacial score (nSPS) is 15.2. The number of ether oxygens (including phenoxy) is 3. The Morgan fingerprint density at radius 1 is 1.27 bits per heavy atom. The van der Waals surface area contributed by atoms with E-state index in [1.54, 1.807) is 19.2 Å². The molecule has 2 heterocycles. The fourth-order valence-electron chi connectivity index (χ4n) is 3.54. The van der Waals surface area contributed by atoms with Crippen LogP contribution in [-0.4, -0.2) is 17.3 Å². The highest BCUT2D eigenvalue weighted by molar-refractivity contribution is 6.32. The number of aromatic amines is 1. The molecule has 0 aliphatic carbocycles. The highest BCUT2D eigenvalue weighted by Gasteiger charge is 2.34. The molecule has 0 saturated heterocycles. The number of H-pyrrole nitrogens is 1. The van der Waals surface area contributed by atoms with Crippen molar-refractivity contribution in [2.75, 3.05) is 7.11 Å². The topological polar surface area (TPSA) is 106 Å². The number of aryl methyl sites for hydroxylation is 1. The van der Waals surface area contributed by atoms with Gasteiger partial charge < -0.3 is 19.9 Å². The van der Waals surface area contributed by atoms with Crippen LogP contribution in [0.15, 0.2) is 53.9 Å². The lowest BCUT2D eigenvalue weighted by atomic mass is 9.83. The van der Waals surface area contributed by atoms with Gasteiger partial charge in [0, 0.05) is 16.8 Å². The Kier molecular flexibility index (Phi) is 5.25. The second-order valence-electron chi connectivity index (χ2n) is 6.78. The minimum atomic E-state index is -0.414. The number of nitriles is 1. The van der Waals surface area contributed by atoms with Gasteiger partial charge in [-0.05, 0) is 36.8 Å². The number of benzene rings is 2. The number of nitrogens with zero attached hydrogens (tertiary/aromatic N) is 2. The van der Waals surface area contributed by atoms with E-state index in [0.29, 0.717) is 28.0 Å².